The van der Waals surface area contributed by atoms with Crippen LogP contribution in [0.15, 0.2) is 0 Å². The molecule has 1 saturated carbocycles. The quantitative estimate of drug-likeness (QED) is 0.813. The molecule has 1 aliphatic carbocycles. The Morgan fingerprint density at radius 1 is 1.17 bits per heavy atom. The van der Waals surface area contributed by atoms with E-state index in [2.05, 4.69) is 31.1 Å². The second kappa shape index (κ2) is 6.88. The van der Waals surface area contributed by atoms with E-state index in [0.717, 1.165) is 31.7 Å². The van der Waals surface area contributed by atoms with E-state index >= 15 is 0 Å². The molecule has 3 nitrogen and oxygen atoms in total. The molecule has 2 rings (SSSR count). The first-order valence-electron chi connectivity index (χ1n) is 7.72. The highest BCUT2D eigenvalue weighted by Crippen LogP contribution is 2.27. The lowest BCUT2D eigenvalue weighted by atomic mass is 9.86. The molecule has 0 aromatic carbocycles. The molecule has 0 aromatic rings. The third-order valence-electron chi connectivity index (χ3n) is 4.80. The maximum Gasteiger partial charge on any atom is 0.0623 e. The van der Waals surface area contributed by atoms with Gasteiger partial charge in [0.25, 0.3) is 0 Å². The minimum atomic E-state index is 0.569. The summed E-state index contributed by atoms with van der Waals surface area (Å²) in [6.07, 6.45) is 5.59. The van der Waals surface area contributed by atoms with Crippen molar-refractivity contribution in [1.82, 2.24) is 10.2 Å². The summed E-state index contributed by atoms with van der Waals surface area (Å²) in [5.74, 6) is 1.62. The highest BCUT2D eigenvalue weighted by Gasteiger charge is 2.30. The molecule has 0 amide bonds. The zero-order valence-corrected chi connectivity index (χ0v) is 12.3. The molecule has 2 aliphatic rings. The van der Waals surface area contributed by atoms with Gasteiger partial charge in [0.1, 0.15) is 0 Å². The van der Waals surface area contributed by atoms with Crippen LogP contribution in [0.2, 0.25) is 0 Å². The number of nitrogens with one attached hydrogen (secondary N) is 1. The standard InChI is InChI=1S/C15H30N2O/c1-4-16-15-11-18-10-13(15)9-17(3)14-7-5-12(2)6-8-14/h12-16H,4-11H2,1-3H3. The van der Waals surface area contributed by atoms with E-state index in [4.69, 9.17) is 4.74 Å². The highest BCUT2D eigenvalue weighted by molar-refractivity contribution is 4.85. The van der Waals surface area contributed by atoms with Gasteiger partial charge in [-0.15, -0.1) is 0 Å². The summed E-state index contributed by atoms with van der Waals surface area (Å²) >= 11 is 0. The van der Waals surface area contributed by atoms with Crippen molar-refractivity contribution >= 4 is 0 Å². The van der Waals surface area contributed by atoms with E-state index < -0.39 is 0 Å². The Balaban J connectivity index is 1.77. The predicted octanol–water partition coefficient (Wildman–Crippen LogP) is 2.12. The number of rotatable bonds is 5. The molecule has 2 fully saturated rings. The van der Waals surface area contributed by atoms with Crippen molar-refractivity contribution in [2.45, 2.75) is 51.6 Å². The Morgan fingerprint density at radius 2 is 1.89 bits per heavy atom. The van der Waals surface area contributed by atoms with Gasteiger partial charge in [-0.25, -0.2) is 0 Å². The minimum Gasteiger partial charge on any atom is -0.379 e. The molecule has 0 bridgehead atoms. The van der Waals surface area contributed by atoms with Crippen LogP contribution in [0.1, 0.15) is 39.5 Å². The van der Waals surface area contributed by atoms with E-state index in [1.807, 2.05) is 0 Å². The molecule has 0 radical (unpaired) electrons. The molecule has 18 heavy (non-hydrogen) atoms. The van der Waals surface area contributed by atoms with Gasteiger partial charge in [0.15, 0.2) is 0 Å². The smallest absolute Gasteiger partial charge is 0.0623 e. The van der Waals surface area contributed by atoms with Crippen molar-refractivity contribution in [2.24, 2.45) is 11.8 Å². The topological polar surface area (TPSA) is 24.5 Å². The normalized spacial score (nSPS) is 37.3. The summed E-state index contributed by atoms with van der Waals surface area (Å²) in [5.41, 5.74) is 0. The fourth-order valence-electron chi connectivity index (χ4n) is 3.47. The fourth-order valence-corrected chi connectivity index (χ4v) is 3.47. The second-order valence-electron chi connectivity index (χ2n) is 6.31. The summed E-state index contributed by atoms with van der Waals surface area (Å²) in [6.45, 7) is 8.65. The molecule has 0 aromatic heterocycles. The molecule has 1 aliphatic heterocycles. The first-order valence-corrected chi connectivity index (χ1v) is 7.72. The largest absolute Gasteiger partial charge is 0.379 e. The van der Waals surface area contributed by atoms with Gasteiger partial charge in [-0.05, 0) is 45.2 Å². The molecule has 2 atom stereocenters. The van der Waals surface area contributed by atoms with Crippen LogP contribution in [0.5, 0.6) is 0 Å². The van der Waals surface area contributed by atoms with Crippen LogP contribution in [0.3, 0.4) is 0 Å². The minimum absolute atomic E-state index is 0.569. The van der Waals surface area contributed by atoms with Crippen LogP contribution in [-0.4, -0.2) is 50.3 Å². The zero-order chi connectivity index (χ0) is 13.0. The maximum absolute atomic E-state index is 5.64. The van der Waals surface area contributed by atoms with Gasteiger partial charge < -0.3 is 15.0 Å². The molecule has 106 valence electrons. The van der Waals surface area contributed by atoms with E-state index in [1.54, 1.807) is 0 Å². The molecule has 1 N–H and O–H groups in total. The molecule has 1 heterocycles. The van der Waals surface area contributed by atoms with Crippen LogP contribution in [0.25, 0.3) is 0 Å². The van der Waals surface area contributed by atoms with Crippen LogP contribution < -0.4 is 5.32 Å². The van der Waals surface area contributed by atoms with Gasteiger partial charge in [-0.2, -0.15) is 0 Å². The monoisotopic (exact) mass is 254 g/mol. The second-order valence-corrected chi connectivity index (χ2v) is 6.31. The Labute approximate surface area is 112 Å². The molecular weight excluding hydrogens is 224 g/mol. The molecular formula is C15H30N2O. The van der Waals surface area contributed by atoms with Crippen LogP contribution in [0.4, 0.5) is 0 Å². The third-order valence-corrected chi connectivity index (χ3v) is 4.80. The van der Waals surface area contributed by atoms with Gasteiger partial charge in [-0.1, -0.05) is 13.8 Å². The van der Waals surface area contributed by atoms with Gasteiger partial charge in [0.2, 0.25) is 0 Å². The lowest BCUT2D eigenvalue weighted by Crippen LogP contribution is -2.44. The summed E-state index contributed by atoms with van der Waals surface area (Å²) in [5, 5.41) is 3.56. The number of hydrogen-bond acceptors (Lipinski definition) is 3. The van der Waals surface area contributed by atoms with Gasteiger partial charge in [0, 0.05) is 24.5 Å². The highest BCUT2D eigenvalue weighted by atomic mass is 16.5. The van der Waals surface area contributed by atoms with Crippen molar-refractivity contribution in [2.75, 3.05) is 33.4 Å². The molecule has 1 saturated heterocycles. The molecule has 0 spiro atoms. The van der Waals surface area contributed by atoms with Crippen molar-refractivity contribution < 1.29 is 4.74 Å². The van der Waals surface area contributed by atoms with Crippen LogP contribution >= 0.6 is 0 Å². The number of hydrogen-bond donors (Lipinski definition) is 1. The van der Waals surface area contributed by atoms with Crippen LogP contribution in [0, 0.1) is 11.8 Å². The van der Waals surface area contributed by atoms with Crippen LogP contribution in [-0.2, 0) is 4.74 Å². The van der Waals surface area contributed by atoms with Gasteiger partial charge >= 0.3 is 0 Å². The first-order chi connectivity index (χ1) is 8.70. The van der Waals surface area contributed by atoms with Crippen molar-refractivity contribution in [3.8, 4) is 0 Å². The van der Waals surface area contributed by atoms with Gasteiger partial charge in [-0.3, -0.25) is 0 Å². The molecule has 2 unspecified atom stereocenters. The lowest BCUT2D eigenvalue weighted by Gasteiger charge is -2.35. The summed E-state index contributed by atoms with van der Waals surface area (Å²) in [6, 6.07) is 1.38. The lowest BCUT2D eigenvalue weighted by molar-refractivity contribution is 0.133. The van der Waals surface area contributed by atoms with Crippen molar-refractivity contribution in [3.05, 3.63) is 0 Å². The number of likely N-dealkylation sites (N-methyl/N-ethyl adjacent to an activating group) is 1. The SMILES string of the molecule is CCNC1COCC1CN(C)C1CCC(C)CC1. The average Bonchev–Trinajstić information content (AvgIpc) is 2.78. The van der Waals surface area contributed by atoms with E-state index in [-0.39, 0.29) is 0 Å². The van der Waals surface area contributed by atoms with E-state index in [0.29, 0.717) is 12.0 Å². The predicted molar refractivity (Wildman–Crippen MR) is 75.8 cm³/mol. The van der Waals surface area contributed by atoms with E-state index in [9.17, 15) is 0 Å². The zero-order valence-electron chi connectivity index (χ0n) is 12.3. The maximum atomic E-state index is 5.64. The molecule has 3 heteroatoms. The number of nitrogens with zero attached hydrogens (tertiary/aromatic N) is 1. The van der Waals surface area contributed by atoms with Gasteiger partial charge in [0.05, 0.1) is 13.2 Å². The summed E-state index contributed by atoms with van der Waals surface area (Å²) < 4.78 is 5.64. The van der Waals surface area contributed by atoms with Crippen molar-refractivity contribution in [1.29, 1.82) is 0 Å². The third kappa shape index (κ3) is 3.69. The first kappa shape index (κ1) is 14.3. The Kier molecular flexibility index (Phi) is 5.46. The Hall–Kier alpha value is -0.120. The average molecular weight is 254 g/mol. The van der Waals surface area contributed by atoms with E-state index in [1.165, 1.54) is 32.2 Å². The summed E-state index contributed by atoms with van der Waals surface area (Å²) in [4.78, 5) is 2.59. The fraction of sp³-hybridized carbons (Fsp3) is 1.00. The van der Waals surface area contributed by atoms with Crippen molar-refractivity contribution in [3.63, 3.8) is 0 Å². The Morgan fingerprint density at radius 3 is 2.56 bits per heavy atom. The summed E-state index contributed by atoms with van der Waals surface area (Å²) in [7, 11) is 2.31. The number of ether oxygens (including phenoxy) is 1. The Bertz CT molecular complexity index is 239.